The highest BCUT2D eigenvalue weighted by atomic mass is 35.5. The summed E-state index contributed by atoms with van der Waals surface area (Å²) >= 11 is 6.23. The molecule has 10 nitrogen and oxygen atoms in total. The van der Waals surface area contributed by atoms with Crippen LogP contribution in [-0.2, 0) is 9.53 Å². The topological polar surface area (TPSA) is 101 Å². The number of hydrogen-bond donors (Lipinski definition) is 1. The highest BCUT2D eigenvalue weighted by Gasteiger charge is 2.38. The number of benzene rings is 2. The van der Waals surface area contributed by atoms with E-state index < -0.39 is 12.0 Å². The van der Waals surface area contributed by atoms with E-state index in [0.717, 1.165) is 0 Å². The summed E-state index contributed by atoms with van der Waals surface area (Å²) in [5.41, 5.74) is 2.02. The lowest BCUT2D eigenvalue weighted by molar-refractivity contribution is -0.139. The number of piperazine rings is 1. The molecule has 1 unspecified atom stereocenters. The van der Waals surface area contributed by atoms with Crippen molar-refractivity contribution in [1.82, 2.24) is 20.0 Å². The minimum absolute atomic E-state index is 0.116. The van der Waals surface area contributed by atoms with Crippen molar-refractivity contribution < 1.29 is 28.6 Å². The summed E-state index contributed by atoms with van der Waals surface area (Å²) in [7, 11) is 4.70. The highest BCUT2D eigenvalue weighted by Crippen LogP contribution is 2.36. The maximum absolute atomic E-state index is 13.3. The smallest absolute Gasteiger partial charge is 0.338 e. The molecule has 0 aromatic heterocycles. The highest BCUT2D eigenvalue weighted by molar-refractivity contribution is 6.33. The molecule has 0 bridgehead atoms. The van der Waals surface area contributed by atoms with Gasteiger partial charge in [-0.3, -0.25) is 14.6 Å². The van der Waals surface area contributed by atoms with Crippen LogP contribution in [0, 0.1) is 0 Å². The summed E-state index contributed by atoms with van der Waals surface area (Å²) in [5, 5.41) is 3.34. The molecule has 0 aliphatic carbocycles. The third-order valence-electron chi connectivity index (χ3n) is 6.95. The van der Waals surface area contributed by atoms with E-state index in [-0.39, 0.29) is 18.5 Å². The van der Waals surface area contributed by atoms with Crippen LogP contribution in [0.5, 0.6) is 11.5 Å². The van der Waals surface area contributed by atoms with Crippen molar-refractivity contribution in [2.24, 2.45) is 0 Å². The number of nitrogens with zero attached hydrogens (tertiary/aromatic N) is 3. The first kappa shape index (κ1) is 28.3. The Morgan fingerprint density at radius 1 is 1.03 bits per heavy atom. The van der Waals surface area contributed by atoms with Gasteiger partial charge < -0.3 is 24.4 Å². The third kappa shape index (κ3) is 5.97. The first-order chi connectivity index (χ1) is 18.8. The number of likely N-dealkylation sites (N-methyl/N-ethyl adjacent to an activating group) is 1. The summed E-state index contributed by atoms with van der Waals surface area (Å²) in [6.07, 6.45) is 0. The molecule has 208 valence electrons. The molecule has 39 heavy (non-hydrogen) atoms. The summed E-state index contributed by atoms with van der Waals surface area (Å²) < 4.78 is 16.2. The Kier molecular flexibility index (Phi) is 8.98. The molecule has 4 rings (SSSR count). The summed E-state index contributed by atoms with van der Waals surface area (Å²) in [6.45, 7) is 4.36. The molecule has 1 saturated heterocycles. The second-order valence-corrected chi connectivity index (χ2v) is 9.59. The fourth-order valence-corrected chi connectivity index (χ4v) is 5.02. The van der Waals surface area contributed by atoms with Crippen LogP contribution in [0.3, 0.4) is 0 Å². The molecule has 0 radical (unpaired) electrons. The van der Waals surface area contributed by atoms with Crippen LogP contribution in [0.4, 0.5) is 4.79 Å². The Balaban J connectivity index is 1.61. The number of rotatable bonds is 8. The van der Waals surface area contributed by atoms with E-state index in [1.165, 1.54) is 12.0 Å². The van der Waals surface area contributed by atoms with Gasteiger partial charge in [-0.05, 0) is 36.8 Å². The summed E-state index contributed by atoms with van der Waals surface area (Å²) in [6, 6.07) is 11.2. The number of nitrogens with one attached hydrogen (secondary N) is 1. The van der Waals surface area contributed by atoms with Crippen molar-refractivity contribution in [1.29, 1.82) is 0 Å². The molecular weight excluding hydrogens is 524 g/mol. The van der Waals surface area contributed by atoms with Crippen molar-refractivity contribution in [3.8, 4) is 11.5 Å². The number of halogens is 1. The summed E-state index contributed by atoms with van der Waals surface area (Å²) in [4.78, 5) is 44.7. The Labute approximate surface area is 233 Å². The fourth-order valence-electron chi connectivity index (χ4n) is 4.81. The average molecular weight is 557 g/mol. The molecule has 2 aliphatic rings. The van der Waals surface area contributed by atoms with Crippen LogP contribution in [0.15, 0.2) is 53.7 Å². The number of hydrogen-bond acceptors (Lipinski definition) is 7. The Hall–Kier alpha value is -3.76. The first-order valence-corrected chi connectivity index (χ1v) is 13.1. The van der Waals surface area contributed by atoms with Crippen LogP contribution < -0.4 is 14.8 Å². The minimum atomic E-state index is -0.745. The fraction of sp³-hybridized carbons (Fsp3) is 0.393. The molecule has 2 aliphatic heterocycles. The zero-order valence-corrected chi connectivity index (χ0v) is 23.3. The molecule has 2 aromatic rings. The van der Waals surface area contributed by atoms with Gasteiger partial charge in [0.1, 0.15) is 0 Å². The molecule has 1 atom stereocenters. The van der Waals surface area contributed by atoms with Crippen LogP contribution in [-0.4, -0.2) is 93.2 Å². The number of amides is 3. The summed E-state index contributed by atoms with van der Waals surface area (Å²) in [5.74, 6) is 0.389. The van der Waals surface area contributed by atoms with Crippen molar-refractivity contribution >= 4 is 29.5 Å². The van der Waals surface area contributed by atoms with E-state index in [1.807, 2.05) is 0 Å². The van der Waals surface area contributed by atoms with Gasteiger partial charge in [-0.1, -0.05) is 29.8 Å². The first-order valence-electron chi connectivity index (χ1n) is 12.7. The van der Waals surface area contributed by atoms with E-state index in [0.29, 0.717) is 71.6 Å². The van der Waals surface area contributed by atoms with Crippen LogP contribution >= 0.6 is 11.6 Å². The van der Waals surface area contributed by atoms with Gasteiger partial charge in [0, 0.05) is 45.5 Å². The van der Waals surface area contributed by atoms with Crippen LogP contribution in [0.1, 0.15) is 28.9 Å². The van der Waals surface area contributed by atoms with Crippen molar-refractivity contribution in [3.63, 3.8) is 0 Å². The second kappa shape index (κ2) is 12.4. The van der Waals surface area contributed by atoms with Crippen LogP contribution in [0.25, 0.3) is 0 Å². The van der Waals surface area contributed by atoms with Gasteiger partial charge in [0.2, 0.25) is 0 Å². The number of carbonyl (C=O) groups is 3. The Morgan fingerprint density at radius 3 is 2.36 bits per heavy atom. The van der Waals surface area contributed by atoms with E-state index in [2.05, 4.69) is 10.2 Å². The lowest BCUT2D eigenvalue weighted by Gasteiger charge is -2.39. The molecule has 1 fully saturated rings. The van der Waals surface area contributed by atoms with Crippen molar-refractivity contribution in [2.45, 2.75) is 13.0 Å². The normalized spacial score (nSPS) is 18.1. The molecule has 0 spiro atoms. The van der Waals surface area contributed by atoms with E-state index in [4.69, 9.17) is 25.8 Å². The Bertz CT molecular complexity index is 1270. The van der Waals surface area contributed by atoms with Gasteiger partial charge >= 0.3 is 12.0 Å². The van der Waals surface area contributed by atoms with Crippen molar-refractivity contribution in [2.75, 3.05) is 60.6 Å². The monoisotopic (exact) mass is 556 g/mol. The average Bonchev–Trinajstić information content (AvgIpc) is 2.95. The molecule has 1 N–H and O–H groups in total. The standard InChI is InChI=1S/C28H33ClN4O6/c1-5-39-27(35)24-21(17-32-12-14-33(15-13-32)26(34)19-8-6-7-9-20(19)29)31(2)28(36)30-25(24)18-10-11-22(37-3)23(16-18)38-4/h6-11,16,25H,5,12-15,17H2,1-4H3,(H,30,36). The van der Waals surface area contributed by atoms with Gasteiger partial charge in [-0.25, -0.2) is 9.59 Å². The van der Waals surface area contributed by atoms with Gasteiger partial charge in [0.25, 0.3) is 5.91 Å². The second-order valence-electron chi connectivity index (χ2n) is 9.18. The lowest BCUT2D eigenvalue weighted by atomic mass is 9.94. The maximum Gasteiger partial charge on any atom is 0.338 e. The number of urea groups is 1. The quantitative estimate of drug-likeness (QED) is 0.498. The minimum Gasteiger partial charge on any atom is -0.493 e. The molecule has 11 heteroatoms. The largest absolute Gasteiger partial charge is 0.493 e. The predicted molar refractivity (Wildman–Crippen MR) is 146 cm³/mol. The number of ether oxygens (including phenoxy) is 3. The number of methoxy groups -OCH3 is 2. The van der Waals surface area contributed by atoms with E-state index in [1.54, 1.807) is 68.4 Å². The van der Waals surface area contributed by atoms with Gasteiger partial charge in [-0.2, -0.15) is 0 Å². The number of esters is 1. The molecule has 3 amide bonds. The lowest BCUT2D eigenvalue weighted by Crippen LogP contribution is -2.53. The van der Waals surface area contributed by atoms with Crippen LogP contribution in [0.2, 0.25) is 5.02 Å². The predicted octanol–water partition coefficient (Wildman–Crippen LogP) is 3.33. The molecule has 0 saturated carbocycles. The van der Waals surface area contributed by atoms with Crippen molar-refractivity contribution in [3.05, 3.63) is 69.9 Å². The molecular formula is C28H33ClN4O6. The molecule has 2 heterocycles. The molecule has 2 aromatic carbocycles. The zero-order chi connectivity index (χ0) is 28.1. The maximum atomic E-state index is 13.3. The van der Waals surface area contributed by atoms with Gasteiger partial charge in [-0.15, -0.1) is 0 Å². The van der Waals surface area contributed by atoms with E-state index >= 15 is 0 Å². The van der Waals surface area contributed by atoms with Gasteiger partial charge in [0.15, 0.2) is 11.5 Å². The SMILES string of the molecule is CCOC(=O)C1=C(CN2CCN(C(=O)c3ccccc3Cl)CC2)N(C)C(=O)NC1c1ccc(OC)c(OC)c1. The number of carbonyl (C=O) groups excluding carboxylic acids is 3. The van der Waals surface area contributed by atoms with Gasteiger partial charge in [0.05, 0.1) is 43.0 Å². The van der Waals surface area contributed by atoms with E-state index in [9.17, 15) is 14.4 Å². The third-order valence-corrected chi connectivity index (χ3v) is 7.28. The Morgan fingerprint density at radius 2 is 1.72 bits per heavy atom. The zero-order valence-electron chi connectivity index (χ0n) is 22.5.